The summed E-state index contributed by atoms with van der Waals surface area (Å²) in [5.41, 5.74) is 1.10. The second kappa shape index (κ2) is 4.44. The number of fused-ring (bicyclic) bond motifs is 1. The van der Waals surface area contributed by atoms with Crippen LogP contribution < -0.4 is 4.74 Å². The fraction of sp³-hybridized carbons (Fsp3) is 0.231. The average molecular weight is 311 g/mol. The van der Waals surface area contributed by atoms with Gasteiger partial charge in [0.05, 0.1) is 18.6 Å². The number of aliphatic hydroxyl groups excluding tert-OH is 1. The highest BCUT2D eigenvalue weighted by Crippen LogP contribution is 2.44. The number of halogens is 1. The highest BCUT2D eigenvalue weighted by Gasteiger charge is 2.32. The van der Waals surface area contributed by atoms with Crippen molar-refractivity contribution in [2.45, 2.75) is 12.0 Å². The van der Waals surface area contributed by atoms with Crippen LogP contribution in [0.15, 0.2) is 40.2 Å². The monoisotopic (exact) mass is 310 g/mol. The molecule has 2 aromatic rings. The predicted octanol–water partition coefficient (Wildman–Crippen LogP) is 3.72. The molecule has 17 heavy (non-hydrogen) atoms. The van der Waals surface area contributed by atoms with E-state index < -0.39 is 6.10 Å². The first kappa shape index (κ1) is 11.3. The van der Waals surface area contributed by atoms with Gasteiger partial charge in [0, 0.05) is 14.9 Å². The van der Waals surface area contributed by atoms with Crippen molar-refractivity contribution in [1.82, 2.24) is 0 Å². The largest absolute Gasteiger partial charge is 0.493 e. The van der Waals surface area contributed by atoms with E-state index in [1.54, 1.807) is 11.3 Å². The first-order valence-electron chi connectivity index (χ1n) is 5.40. The molecule has 1 aliphatic heterocycles. The Hall–Kier alpha value is -0.840. The second-order valence-corrected chi connectivity index (χ2v) is 5.83. The van der Waals surface area contributed by atoms with Crippen LogP contribution in [0.4, 0.5) is 0 Å². The summed E-state index contributed by atoms with van der Waals surface area (Å²) in [7, 11) is 0. The molecule has 0 aliphatic carbocycles. The molecule has 4 heteroatoms. The van der Waals surface area contributed by atoms with E-state index in [9.17, 15) is 5.11 Å². The van der Waals surface area contributed by atoms with Crippen molar-refractivity contribution >= 4 is 27.3 Å². The number of para-hydroxylation sites is 1. The summed E-state index contributed by atoms with van der Waals surface area (Å²) in [6, 6.07) is 9.87. The maximum Gasteiger partial charge on any atom is 0.123 e. The zero-order valence-electron chi connectivity index (χ0n) is 8.97. The van der Waals surface area contributed by atoms with Crippen LogP contribution in [0.5, 0.6) is 5.75 Å². The van der Waals surface area contributed by atoms with Crippen LogP contribution in [0.25, 0.3) is 0 Å². The Labute approximate surface area is 112 Å². The Morgan fingerprint density at radius 3 is 2.94 bits per heavy atom. The van der Waals surface area contributed by atoms with Gasteiger partial charge in [-0.2, -0.15) is 0 Å². The molecule has 0 saturated carbocycles. The topological polar surface area (TPSA) is 29.5 Å². The van der Waals surface area contributed by atoms with E-state index >= 15 is 0 Å². The van der Waals surface area contributed by atoms with Crippen LogP contribution in [0.1, 0.15) is 22.5 Å². The van der Waals surface area contributed by atoms with Crippen LogP contribution >= 0.6 is 27.3 Å². The van der Waals surface area contributed by atoms with Gasteiger partial charge in [-0.3, -0.25) is 0 Å². The first-order valence-corrected chi connectivity index (χ1v) is 7.07. The smallest absolute Gasteiger partial charge is 0.123 e. The molecule has 3 rings (SSSR count). The summed E-state index contributed by atoms with van der Waals surface area (Å²) < 4.78 is 6.57. The van der Waals surface area contributed by atoms with Gasteiger partial charge in [-0.25, -0.2) is 0 Å². The summed E-state index contributed by atoms with van der Waals surface area (Å²) in [5.74, 6) is 0.922. The van der Waals surface area contributed by atoms with Crippen molar-refractivity contribution in [1.29, 1.82) is 0 Å². The molecule has 2 heterocycles. The molecule has 2 atom stereocenters. The first-order chi connectivity index (χ1) is 8.27. The van der Waals surface area contributed by atoms with E-state index in [0.717, 1.165) is 20.7 Å². The van der Waals surface area contributed by atoms with Crippen LogP contribution in [0.2, 0.25) is 0 Å². The molecule has 0 spiro atoms. The summed E-state index contributed by atoms with van der Waals surface area (Å²) in [6.45, 7) is 0.546. The number of aliphatic hydroxyl groups is 1. The molecule has 2 unspecified atom stereocenters. The molecule has 2 nitrogen and oxygen atoms in total. The minimum absolute atomic E-state index is 0.0288. The zero-order chi connectivity index (χ0) is 11.8. The number of ether oxygens (including phenoxy) is 1. The molecule has 88 valence electrons. The minimum atomic E-state index is -0.506. The van der Waals surface area contributed by atoms with Crippen molar-refractivity contribution in [2.24, 2.45) is 0 Å². The van der Waals surface area contributed by atoms with Gasteiger partial charge in [0.15, 0.2) is 0 Å². The molecular formula is C13H11BrO2S. The third-order valence-electron chi connectivity index (χ3n) is 3.03. The third kappa shape index (κ3) is 1.90. The molecule has 0 saturated heterocycles. The zero-order valence-corrected chi connectivity index (χ0v) is 11.4. The van der Waals surface area contributed by atoms with Gasteiger partial charge < -0.3 is 9.84 Å². The average Bonchev–Trinajstić information content (AvgIpc) is 2.94. The van der Waals surface area contributed by atoms with Crippen molar-refractivity contribution in [2.75, 3.05) is 6.61 Å². The van der Waals surface area contributed by atoms with Crippen LogP contribution in [0, 0.1) is 0 Å². The van der Waals surface area contributed by atoms with E-state index in [0.29, 0.717) is 6.61 Å². The summed E-state index contributed by atoms with van der Waals surface area (Å²) in [5, 5.41) is 12.4. The molecule has 1 aliphatic rings. The number of rotatable bonds is 2. The maximum absolute atomic E-state index is 10.4. The van der Waals surface area contributed by atoms with Crippen molar-refractivity contribution in [3.8, 4) is 5.75 Å². The second-order valence-electron chi connectivity index (χ2n) is 4.03. The van der Waals surface area contributed by atoms with Gasteiger partial charge in [-0.05, 0) is 33.4 Å². The van der Waals surface area contributed by atoms with Gasteiger partial charge in [0.2, 0.25) is 0 Å². The Balaban J connectivity index is 1.95. The molecule has 0 amide bonds. The van der Waals surface area contributed by atoms with Crippen molar-refractivity contribution in [3.05, 3.63) is 50.6 Å². The van der Waals surface area contributed by atoms with Crippen molar-refractivity contribution < 1.29 is 9.84 Å². The van der Waals surface area contributed by atoms with Gasteiger partial charge >= 0.3 is 0 Å². The quantitative estimate of drug-likeness (QED) is 0.916. The summed E-state index contributed by atoms with van der Waals surface area (Å²) in [6.07, 6.45) is -0.506. The normalized spacial score (nSPS) is 19.8. The fourth-order valence-corrected chi connectivity index (χ4v) is 3.81. The Morgan fingerprint density at radius 1 is 1.35 bits per heavy atom. The molecule has 0 radical (unpaired) electrons. The molecule has 0 fully saturated rings. The molecular weight excluding hydrogens is 300 g/mol. The fourth-order valence-electron chi connectivity index (χ4n) is 2.15. The minimum Gasteiger partial charge on any atom is -0.493 e. The maximum atomic E-state index is 10.4. The summed E-state index contributed by atoms with van der Waals surface area (Å²) in [4.78, 5) is 0.968. The highest BCUT2D eigenvalue weighted by atomic mass is 79.9. The van der Waals surface area contributed by atoms with E-state index in [1.807, 2.05) is 35.7 Å². The molecule has 1 aromatic carbocycles. The van der Waals surface area contributed by atoms with Gasteiger partial charge in [-0.15, -0.1) is 11.3 Å². The highest BCUT2D eigenvalue weighted by molar-refractivity contribution is 9.10. The number of hydrogen-bond acceptors (Lipinski definition) is 3. The predicted molar refractivity (Wildman–Crippen MR) is 71.7 cm³/mol. The standard InChI is InChI=1S/C13H11BrO2S/c14-10-5-6-17-13(10)12(15)9-7-16-11-4-2-1-3-8(9)11/h1-6,9,12,15H,7H2. The Morgan fingerprint density at radius 2 is 2.18 bits per heavy atom. The lowest BCUT2D eigenvalue weighted by Crippen LogP contribution is -2.11. The molecule has 1 N–H and O–H groups in total. The Bertz CT molecular complexity index is 538. The number of hydrogen-bond donors (Lipinski definition) is 1. The number of thiophene rings is 1. The lowest BCUT2D eigenvalue weighted by Gasteiger charge is -2.16. The van der Waals surface area contributed by atoms with Gasteiger partial charge in [0.25, 0.3) is 0 Å². The van der Waals surface area contributed by atoms with E-state index in [4.69, 9.17) is 4.74 Å². The lowest BCUT2D eigenvalue weighted by molar-refractivity contribution is 0.133. The SMILES string of the molecule is OC(c1sccc1Br)C1COc2ccccc21. The van der Waals surface area contributed by atoms with E-state index in [1.165, 1.54) is 0 Å². The van der Waals surface area contributed by atoms with Crippen LogP contribution in [-0.4, -0.2) is 11.7 Å². The number of benzene rings is 1. The van der Waals surface area contributed by atoms with Crippen LogP contribution in [0.3, 0.4) is 0 Å². The molecule has 1 aromatic heterocycles. The van der Waals surface area contributed by atoms with Crippen molar-refractivity contribution in [3.63, 3.8) is 0 Å². The lowest BCUT2D eigenvalue weighted by atomic mass is 9.94. The van der Waals surface area contributed by atoms with Crippen LogP contribution in [-0.2, 0) is 0 Å². The molecule has 0 bridgehead atoms. The van der Waals surface area contributed by atoms with E-state index in [-0.39, 0.29) is 5.92 Å². The van der Waals surface area contributed by atoms with Gasteiger partial charge in [-0.1, -0.05) is 18.2 Å². The third-order valence-corrected chi connectivity index (χ3v) is 4.97. The Kier molecular flexibility index (Phi) is 2.94. The summed E-state index contributed by atoms with van der Waals surface area (Å²) >= 11 is 5.03. The van der Waals surface area contributed by atoms with E-state index in [2.05, 4.69) is 15.9 Å². The van der Waals surface area contributed by atoms with Gasteiger partial charge in [0.1, 0.15) is 5.75 Å².